The maximum Gasteiger partial charge on any atom is 0.410 e. The molecule has 1 saturated heterocycles. The van der Waals surface area contributed by atoms with E-state index in [1.165, 1.54) is 24.4 Å². The van der Waals surface area contributed by atoms with Gasteiger partial charge in [-0.3, -0.25) is 0 Å². The molecule has 0 saturated carbocycles. The smallest absolute Gasteiger partial charge is 0.410 e. The van der Waals surface area contributed by atoms with E-state index in [0.29, 0.717) is 31.1 Å². The van der Waals surface area contributed by atoms with Crippen LogP contribution in [-0.4, -0.2) is 36.3 Å². The van der Waals surface area contributed by atoms with Crippen LogP contribution in [0.1, 0.15) is 33.6 Å². The number of halogens is 1. The van der Waals surface area contributed by atoms with Crippen molar-refractivity contribution in [1.82, 2.24) is 4.90 Å². The molecule has 7 nitrogen and oxygen atoms in total. The average molecular weight is 400 g/mol. The van der Waals surface area contributed by atoms with Crippen molar-refractivity contribution >= 4 is 11.8 Å². The van der Waals surface area contributed by atoms with Crippen molar-refractivity contribution in [3.63, 3.8) is 0 Å². The van der Waals surface area contributed by atoms with Gasteiger partial charge in [-0.2, -0.15) is 10.5 Å². The van der Waals surface area contributed by atoms with E-state index in [9.17, 15) is 9.18 Å². The first-order valence-electron chi connectivity index (χ1n) is 9.39. The molecule has 1 fully saturated rings. The number of anilines is 1. The van der Waals surface area contributed by atoms with Crippen LogP contribution in [0, 0.1) is 34.4 Å². The summed E-state index contributed by atoms with van der Waals surface area (Å²) >= 11 is 0. The van der Waals surface area contributed by atoms with Gasteiger partial charge in [-0.25, -0.2) is 9.18 Å². The highest BCUT2D eigenvalue weighted by atomic mass is 19.1. The van der Waals surface area contributed by atoms with E-state index in [1.807, 2.05) is 20.8 Å². The van der Waals surface area contributed by atoms with E-state index in [2.05, 4.69) is 5.32 Å². The fourth-order valence-corrected chi connectivity index (χ4v) is 2.80. The zero-order chi connectivity index (χ0) is 21.4. The summed E-state index contributed by atoms with van der Waals surface area (Å²) in [6.45, 7) is 7.11. The third-order valence-electron chi connectivity index (χ3n) is 4.30. The number of carbonyl (C=O) groups is 1. The number of piperidine rings is 1. The molecule has 1 heterocycles. The number of nitriles is 2. The average Bonchev–Trinajstić information content (AvgIpc) is 2.67. The van der Waals surface area contributed by atoms with Gasteiger partial charge >= 0.3 is 6.09 Å². The Balaban J connectivity index is 1.91. The number of allylic oxidation sites excluding steroid dienone is 1. The summed E-state index contributed by atoms with van der Waals surface area (Å²) in [7, 11) is 0. The van der Waals surface area contributed by atoms with Crippen LogP contribution in [0.4, 0.5) is 14.9 Å². The number of hydrogen-bond donors (Lipinski definition) is 1. The van der Waals surface area contributed by atoms with E-state index < -0.39 is 11.4 Å². The quantitative estimate of drug-likeness (QED) is 0.744. The predicted octanol–water partition coefficient (Wildman–Crippen LogP) is 4.19. The molecule has 0 radical (unpaired) electrons. The predicted molar refractivity (Wildman–Crippen MR) is 105 cm³/mol. The minimum atomic E-state index is -0.519. The van der Waals surface area contributed by atoms with Crippen LogP contribution in [0.25, 0.3) is 0 Å². The third-order valence-corrected chi connectivity index (χ3v) is 4.30. The van der Waals surface area contributed by atoms with Crippen LogP contribution in [0.2, 0.25) is 0 Å². The van der Waals surface area contributed by atoms with Gasteiger partial charge in [0.05, 0.1) is 12.3 Å². The highest BCUT2D eigenvalue weighted by molar-refractivity contribution is 5.68. The molecule has 1 aromatic carbocycles. The summed E-state index contributed by atoms with van der Waals surface area (Å²) < 4.78 is 24.8. The molecule has 1 amide bonds. The maximum atomic E-state index is 13.6. The van der Waals surface area contributed by atoms with Gasteiger partial charge in [0.25, 0.3) is 0 Å². The molecule has 1 aromatic rings. The van der Waals surface area contributed by atoms with Gasteiger partial charge in [-0.1, -0.05) is 0 Å². The van der Waals surface area contributed by atoms with Crippen LogP contribution in [0.5, 0.6) is 5.75 Å². The van der Waals surface area contributed by atoms with Crippen molar-refractivity contribution in [1.29, 1.82) is 10.5 Å². The largest absolute Gasteiger partial charge is 0.491 e. The fourth-order valence-electron chi connectivity index (χ4n) is 2.80. The second kappa shape index (κ2) is 9.79. The number of likely N-dealkylation sites (tertiary alicyclic amines) is 1. The number of benzene rings is 1. The fraction of sp³-hybridized carbons (Fsp3) is 0.476. The molecular weight excluding hydrogens is 375 g/mol. The maximum absolute atomic E-state index is 13.6. The number of rotatable bonds is 5. The first-order valence-corrected chi connectivity index (χ1v) is 9.39. The molecule has 8 heteroatoms. The molecule has 0 spiro atoms. The first-order chi connectivity index (χ1) is 13.7. The van der Waals surface area contributed by atoms with Crippen LogP contribution < -0.4 is 10.1 Å². The minimum absolute atomic E-state index is 0.130. The lowest BCUT2D eigenvalue weighted by molar-refractivity contribution is 0.0165. The number of amides is 1. The summed E-state index contributed by atoms with van der Waals surface area (Å²) in [6.07, 6.45) is 2.45. The molecule has 0 aromatic heterocycles. The van der Waals surface area contributed by atoms with Crippen LogP contribution >= 0.6 is 0 Å². The standard InChI is InChI=1S/C21H25FN4O3/c1-21(2,3)29-20(27)26-8-6-15(7-9-26)14-28-19-5-4-17(22)10-18(19)25-13-16(11-23)12-24/h4-5,10,13,15,25H,6-9,14H2,1-3H3. The molecule has 1 aliphatic heterocycles. The van der Waals surface area contributed by atoms with Crippen LogP contribution in [0.15, 0.2) is 30.0 Å². The molecule has 0 bridgehead atoms. The lowest BCUT2D eigenvalue weighted by Gasteiger charge is -2.33. The Hall–Kier alpha value is -3.26. The van der Waals surface area contributed by atoms with Gasteiger partial charge in [0, 0.05) is 25.4 Å². The van der Waals surface area contributed by atoms with Crippen molar-refractivity contribution in [2.24, 2.45) is 5.92 Å². The third kappa shape index (κ3) is 7.00. The van der Waals surface area contributed by atoms with Gasteiger partial charge in [0.2, 0.25) is 0 Å². The van der Waals surface area contributed by atoms with Crippen LogP contribution in [0.3, 0.4) is 0 Å². The minimum Gasteiger partial charge on any atom is -0.491 e. The Morgan fingerprint density at radius 3 is 2.55 bits per heavy atom. The van der Waals surface area contributed by atoms with E-state index in [4.69, 9.17) is 20.0 Å². The van der Waals surface area contributed by atoms with E-state index in [0.717, 1.165) is 12.8 Å². The Kier molecular flexibility index (Phi) is 7.44. The molecule has 0 unspecified atom stereocenters. The lowest BCUT2D eigenvalue weighted by Crippen LogP contribution is -2.42. The number of ether oxygens (including phenoxy) is 2. The summed E-state index contributed by atoms with van der Waals surface area (Å²) in [5, 5.41) is 20.3. The highest BCUT2D eigenvalue weighted by Crippen LogP contribution is 2.28. The number of carbonyl (C=O) groups excluding carboxylic acids is 1. The number of hydrogen-bond acceptors (Lipinski definition) is 6. The van der Waals surface area contributed by atoms with Gasteiger partial charge < -0.3 is 19.7 Å². The Morgan fingerprint density at radius 1 is 1.31 bits per heavy atom. The van der Waals surface area contributed by atoms with Crippen molar-refractivity contribution in [2.45, 2.75) is 39.2 Å². The second-order valence-corrected chi connectivity index (χ2v) is 7.79. The molecular formula is C21H25FN4O3. The zero-order valence-corrected chi connectivity index (χ0v) is 16.9. The molecule has 0 aliphatic carbocycles. The van der Waals surface area contributed by atoms with Crippen molar-refractivity contribution in [3.8, 4) is 17.9 Å². The summed E-state index contributed by atoms with van der Waals surface area (Å²) in [5.41, 5.74) is -0.317. The Bertz CT molecular complexity index is 825. The zero-order valence-electron chi connectivity index (χ0n) is 16.9. The summed E-state index contributed by atoms with van der Waals surface area (Å²) in [5.74, 6) is 0.206. The Morgan fingerprint density at radius 2 is 1.97 bits per heavy atom. The van der Waals surface area contributed by atoms with Crippen LogP contribution in [-0.2, 0) is 4.74 Å². The lowest BCUT2D eigenvalue weighted by atomic mass is 9.98. The Labute approximate surface area is 170 Å². The SMILES string of the molecule is CC(C)(C)OC(=O)N1CCC(COc2ccc(F)cc2NC=C(C#N)C#N)CC1. The van der Waals surface area contributed by atoms with Crippen molar-refractivity contribution < 1.29 is 18.7 Å². The topological polar surface area (TPSA) is 98.4 Å². The monoisotopic (exact) mass is 400 g/mol. The molecule has 2 rings (SSSR count). The van der Waals surface area contributed by atoms with Gasteiger partial charge in [0.1, 0.15) is 34.9 Å². The molecule has 29 heavy (non-hydrogen) atoms. The number of nitrogens with one attached hydrogen (secondary N) is 1. The second-order valence-electron chi connectivity index (χ2n) is 7.79. The molecule has 154 valence electrons. The molecule has 1 N–H and O–H groups in total. The van der Waals surface area contributed by atoms with E-state index in [1.54, 1.807) is 17.0 Å². The molecule has 1 aliphatic rings. The van der Waals surface area contributed by atoms with E-state index in [-0.39, 0.29) is 17.6 Å². The van der Waals surface area contributed by atoms with E-state index >= 15 is 0 Å². The van der Waals surface area contributed by atoms with Crippen molar-refractivity contribution in [3.05, 3.63) is 35.8 Å². The van der Waals surface area contributed by atoms with Gasteiger partial charge in [0.15, 0.2) is 0 Å². The van der Waals surface area contributed by atoms with Crippen molar-refractivity contribution in [2.75, 3.05) is 25.0 Å². The summed E-state index contributed by atoms with van der Waals surface area (Å²) in [6, 6.07) is 7.48. The first kappa shape index (κ1) is 22.0. The highest BCUT2D eigenvalue weighted by Gasteiger charge is 2.27. The molecule has 0 atom stereocenters. The normalized spacial score (nSPS) is 14.3. The van der Waals surface area contributed by atoms with Gasteiger partial charge in [-0.15, -0.1) is 0 Å². The summed E-state index contributed by atoms with van der Waals surface area (Å²) in [4.78, 5) is 13.8. The van der Waals surface area contributed by atoms with Gasteiger partial charge in [-0.05, 0) is 51.7 Å². The number of nitrogens with zero attached hydrogens (tertiary/aromatic N) is 3.